The van der Waals surface area contributed by atoms with E-state index in [0.717, 1.165) is 12.3 Å². The Kier molecular flexibility index (Phi) is 3.98. The fourth-order valence-corrected chi connectivity index (χ4v) is 1.32. The summed E-state index contributed by atoms with van der Waals surface area (Å²) in [4.78, 5) is 0. The van der Waals surface area contributed by atoms with Crippen molar-refractivity contribution in [1.29, 1.82) is 10.5 Å². The second-order valence-corrected chi connectivity index (χ2v) is 3.53. The largest absolute Gasteiger partial charge is 0.360 e. The summed E-state index contributed by atoms with van der Waals surface area (Å²) in [6.07, 6.45) is 1.11. The Morgan fingerprint density at radius 1 is 1.31 bits per heavy atom. The Morgan fingerprint density at radius 3 is 2.44 bits per heavy atom. The molecule has 0 amide bonds. The molecular weight excluding hydrogens is 280 g/mol. The average molecular weight is 284 g/mol. The summed E-state index contributed by atoms with van der Waals surface area (Å²) in [6.45, 7) is 0. The molecule has 80 valence electrons. The van der Waals surface area contributed by atoms with Gasteiger partial charge in [0.25, 0.3) is 0 Å². The van der Waals surface area contributed by atoms with Gasteiger partial charge in [0.2, 0.25) is 0 Å². The maximum absolute atomic E-state index is 12.9. The van der Waals surface area contributed by atoms with Crippen molar-refractivity contribution in [2.75, 3.05) is 5.32 Å². The van der Waals surface area contributed by atoms with Crippen LogP contribution in [-0.2, 0) is 0 Å². The Morgan fingerprint density at radius 2 is 1.94 bits per heavy atom. The lowest BCUT2D eigenvalue weighted by Crippen LogP contribution is -1.93. The van der Waals surface area contributed by atoms with Gasteiger partial charge in [-0.2, -0.15) is 10.5 Å². The molecular formula is C10H4BrF2N3. The van der Waals surface area contributed by atoms with Crippen LogP contribution >= 0.6 is 15.9 Å². The minimum atomic E-state index is -1.03. The molecule has 1 rings (SSSR count). The second kappa shape index (κ2) is 5.24. The number of nitriles is 2. The van der Waals surface area contributed by atoms with Crippen molar-refractivity contribution in [3.05, 3.63) is 40.0 Å². The zero-order chi connectivity index (χ0) is 12.1. The fourth-order valence-electron chi connectivity index (χ4n) is 0.884. The topological polar surface area (TPSA) is 59.6 Å². The maximum Gasteiger partial charge on any atom is 0.173 e. The third-order valence-electron chi connectivity index (χ3n) is 1.61. The van der Waals surface area contributed by atoms with Crippen LogP contribution in [0.5, 0.6) is 0 Å². The van der Waals surface area contributed by atoms with E-state index in [0.29, 0.717) is 0 Å². The first-order chi connectivity index (χ1) is 7.58. The Hall–Kier alpha value is -1.92. The van der Waals surface area contributed by atoms with Crippen molar-refractivity contribution in [3.8, 4) is 12.1 Å². The van der Waals surface area contributed by atoms with Gasteiger partial charge >= 0.3 is 0 Å². The van der Waals surface area contributed by atoms with E-state index >= 15 is 0 Å². The molecule has 3 nitrogen and oxygen atoms in total. The smallest absolute Gasteiger partial charge is 0.173 e. The molecule has 0 fully saturated rings. The lowest BCUT2D eigenvalue weighted by atomic mass is 10.3. The van der Waals surface area contributed by atoms with Crippen LogP contribution in [0.2, 0.25) is 0 Å². The maximum atomic E-state index is 12.9. The summed E-state index contributed by atoms with van der Waals surface area (Å²) in [5.74, 6) is -2.02. The molecule has 6 heteroatoms. The summed E-state index contributed by atoms with van der Waals surface area (Å²) < 4.78 is 25.8. The molecule has 0 unspecified atom stereocenters. The highest BCUT2D eigenvalue weighted by Gasteiger charge is 2.07. The van der Waals surface area contributed by atoms with Crippen molar-refractivity contribution in [3.63, 3.8) is 0 Å². The quantitative estimate of drug-likeness (QED) is 0.670. The van der Waals surface area contributed by atoms with E-state index < -0.39 is 11.6 Å². The predicted molar refractivity (Wildman–Crippen MR) is 57.0 cm³/mol. The molecule has 0 radical (unpaired) electrons. The highest BCUT2D eigenvalue weighted by Crippen LogP contribution is 2.23. The van der Waals surface area contributed by atoms with Gasteiger partial charge < -0.3 is 5.32 Å². The lowest BCUT2D eigenvalue weighted by Gasteiger charge is -2.03. The number of nitrogens with zero attached hydrogens (tertiary/aromatic N) is 2. The Bertz CT molecular complexity index is 487. The van der Waals surface area contributed by atoms with Gasteiger partial charge in [0.05, 0.1) is 4.47 Å². The molecule has 0 saturated heterocycles. The molecule has 0 heterocycles. The molecule has 0 bridgehead atoms. The van der Waals surface area contributed by atoms with E-state index in [4.69, 9.17) is 10.5 Å². The summed E-state index contributed by atoms with van der Waals surface area (Å²) in [5, 5.41) is 19.4. The normalized spacial score (nSPS) is 8.81. The minimum absolute atomic E-state index is 0.0427. The summed E-state index contributed by atoms with van der Waals surface area (Å²) >= 11 is 2.83. The molecule has 0 saturated carbocycles. The predicted octanol–water partition coefficient (Wildman–Crippen LogP) is 3.07. The van der Waals surface area contributed by atoms with Crippen molar-refractivity contribution < 1.29 is 8.78 Å². The fraction of sp³-hybridized carbons (Fsp3) is 0. The second-order valence-electron chi connectivity index (χ2n) is 2.68. The van der Waals surface area contributed by atoms with Gasteiger partial charge in [-0.15, -0.1) is 0 Å². The number of benzene rings is 1. The van der Waals surface area contributed by atoms with Crippen molar-refractivity contribution in [1.82, 2.24) is 0 Å². The van der Waals surface area contributed by atoms with Gasteiger partial charge in [-0.3, -0.25) is 0 Å². The third-order valence-corrected chi connectivity index (χ3v) is 2.18. The highest BCUT2D eigenvalue weighted by atomic mass is 79.9. The summed E-state index contributed by atoms with van der Waals surface area (Å²) in [6, 6.07) is 5.45. The van der Waals surface area contributed by atoms with Gasteiger partial charge in [0.15, 0.2) is 11.6 Å². The molecule has 0 aromatic heterocycles. The number of hydrogen-bond donors (Lipinski definition) is 1. The molecule has 0 spiro atoms. The van der Waals surface area contributed by atoms with Gasteiger partial charge in [-0.25, -0.2) is 8.78 Å². The number of nitrogens with one attached hydrogen (secondary N) is 1. The van der Waals surface area contributed by atoms with Gasteiger partial charge in [0, 0.05) is 18.0 Å². The zero-order valence-electron chi connectivity index (χ0n) is 7.76. The molecule has 16 heavy (non-hydrogen) atoms. The van der Waals surface area contributed by atoms with Crippen LogP contribution < -0.4 is 5.32 Å². The zero-order valence-corrected chi connectivity index (χ0v) is 9.35. The van der Waals surface area contributed by atoms with E-state index in [1.165, 1.54) is 6.07 Å². The molecule has 0 aliphatic carbocycles. The van der Waals surface area contributed by atoms with Crippen LogP contribution in [0, 0.1) is 34.3 Å². The monoisotopic (exact) mass is 283 g/mol. The first-order valence-electron chi connectivity index (χ1n) is 4.00. The van der Waals surface area contributed by atoms with Crippen LogP contribution in [0.4, 0.5) is 14.5 Å². The van der Waals surface area contributed by atoms with Crippen LogP contribution in [0.3, 0.4) is 0 Å². The van der Waals surface area contributed by atoms with E-state index in [2.05, 4.69) is 21.2 Å². The minimum Gasteiger partial charge on any atom is -0.360 e. The number of anilines is 1. The van der Waals surface area contributed by atoms with Gasteiger partial charge in [-0.1, -0.05) is 0 Å². The van der Waals surface area contributed by atoms with Crippen molar-refractivity contribution >= 4 is 21.6 Å². The van der Waals surface area contributed by atoms with Gasteiger partial charge in [0.1, 0.15) is 17.7 Å². The molecule has 1 aromatic rings. The van der Waals surface area contributed by atoms with Crippen LogP contribution in [0.25, 0.3) is 0 Å². The van der Waals surface area contributed by atoms with Crippen LogP contribution in [0.15, 0.2) is 28.4 Å². The number of hydrogen-bond acceptors (Lipinski definition) is 3. The average Bonchev–Trinajstić information content (AvgIpc) is 2.27. The molecule has 0 atom stereocenters. The number of halogens is 3. The standard InChI is InChI=1S/C10H4BrF2N3/c11-8-1-7(2-9(12)10(8)13)16-5-6(3-14)4-15/h1-2,5,16H. The molecule has 1 aromatic carbocycles. The molecule has 0 aliphatic heterocycles. The third kappa shape index (κ3) is 2.78. The van der Waals surface area contributed by atoms with E-state index in [-0.39, 0.29) is 15.7 Å². The SMILES string of the molecule is N#CC(C#N)=CNc1cc(F)c(F)c(Br)c1. The summed E-state index contributed by atoms with van der Waals surface area (Å²) in [7, 11) is 0. The van der Waals surface area contributed by atoms with E-state index in [1.54, 1.807) is 12.1 Å². The van der Waals surface area contributed by atoms with Crippen molar-refractivity contribution in [2.24, 2.45) is 0 Å². The van der Waals surface area contributed by atoms with Crippen molar-refractivity contribution in [2.45, 2.75) is 0 Å². The highest BCUT2D eigenvalue weighted by molar-refractivity contribution is 9.10. The Labute approximate surface area is 98.7 Å². The number of rotatable bonds is 2. The van der Waals surface area contributed by atoms with Gasteiger partial charge in [-0.05, 0) is 22.0 Å². The van der Waals surface area contributed by atoms with Crippen LogP contribution in [-0.4, -0.2) is 0 Å². The first-order valence-corrected chi connectivity index (χ1v) is 4.79. The molecule has 0 aliphatic rings. The first kappa shape index (κ1) is 12.2. The lowest BCUT2D eigenvalue weighted by molar-refractivity contribution is 0.505. The number of allylic oxidation sites excluding steroid dienone is 1. The Balaban J connectivity index is 2.98. The van der Waals surface area contributed by atoms with E-state index in [9.17, 15) is 8.78 Å². The van der Waals surface area contributed by atoms with Crippen LogP contribution in [0.1, 0.15) is 0 Å². The molecule has 1 N–H and O–H groups in total. The summed E-state index contributed by atoms with van der Waals surface area (Å²) in [5.41, 5.74) is 0.0645. The van der Waals surface area contributed by atoms with E-state index in [1.807, 2.05) is 0 Å².